The highest BCUT2D eigenvalue weighted by Gasteiger charge is 2.39. The van der Waals surface area contributed by atoms with Gasteiger partial charge in [-0.3, -0.25) is 9.59 Å². The molecule has 0 aromatic carbocycles. The summed E-state index contributed by atoms with van der Waals surface area (Å²) < 4.78 is 0. The molecule has 0 saturated carbocycles. The molecule has 2 N–H and O–H groups in total. The second-order valence-corrected chi connectivity index (χ2v) is 4.58. The SMILES string of the molecule is C#CCCC1(CCC(=O)NCc2ccc(=O)[nH]n2)N=N1. The van der Waals surface area contributed by atoms with Crippen LogP contribution in [-0.2, 0) is 11.3 Å². The van der Waals surface area contributed by atoms with E-state index in [2.05, 4.69) is 31.7 Å². The molecular formula is C13H15N5O2. The number of amides is 1. The molecule has 1 aromatic heterocycles. The Bertz CT molecular complexity index is 587. The number of aromatic amines is 1. The van der Waals surface area contributed by atoms with Gasteiger partial charge in [-0.15, -0.1) is 12.3 Å². The van der Waals surface area contributed by atoms with Crippen molar-refractivity contribution in [2.45, 2.75) is 37.9 Å². The maximum atomic E-state index is 11.7. The second kappa shape index (κ2) is 6.10. The van der Waals surface area contributed by atoms with Crippen LogP contribution in [0.15, 0.2) is 27.2 Å². The van der Waals surface area contributed by atoms with E-state index in [1.807, 2.05) is 0 Å². The zero-order chi connectivity index (χ0) is 14.4. The van der Waals surface area contributed by atoms with Crippen molar-refractivity contribution in [3.63, 3.8) is 0 Å². The van der Waals surface area contributed by atoms with Crippen molar-refractivity contribution in [1.29, 1.82) is 0 Å². The smallest absolute Gasteiger partial charge is 0.264 e. The van der Waals surface area contributed by atoms with E-state index in [1.54, 1.807) is 6.07 Å². The zero-order valence-electron chi connectivity index (χ0n) is 10.9. The lowest BCUT2D eigenvalue weighted by Gasteiger charge is -2.08. The minimum absolute atomic E-state index is 0.101. The summed E-state index contributed by atoms with van der Waals surface area (Å²) in [5, 5.41) is 16.8. The van der Waals surface area contributed by atoms with Gasteiger partial charge in [0, 0.05) is 31.7 Å². The van der Waals surface area contributed by atoms with Crippen LogP contribution in [0.25, 0.3) is 0 Å². The Labute approximate surface area is 115 Å². The average Bonchev–Trinajstić information content (AvgIpc) is 3.23. The van der Waals surface area contributed by atoms with Crippen molar-refractivity contribution in [2.24, 2.45) is 10.2 Å². The molecule has 7 nitrogen and oxygen atoms in total. The molecular weight excluding hydrogens is 258 g/mol. The molecule has 0 atom stereocenters. The van der Waals surface area contributed by atoms with E-state index >= 15 is 0 Å². The fourth-order valence-corrected chi connectivity index (χ4v) is 1.73. The molecule has 1 amide bonds. The van der Waals surface area contributed by atoms with Gasteiger partial charge in [0.15, 0.2) is 5.66 Å². The Balaban J connectivity index is 1.70. The molecule has 1 aliphatic rings. The highest BCUT2D eigenvalue weighted by atomic mass is 16.1. The van der Waals surface area contributed by atoms with E-state index in [4.69, 9.17) is 6.42 Å². The predicted molar refractivity (Wildman–Crippen MR) is 71.6 cm³/mol. The number of hydrogen-bond acceptors (Lipinski definition) is 5. The Morgan fingerprint density at radius 3 is 2.80 bits per heavy atom. The highest BCUT2D eigenvalue weighted by molar-refractivity contribution is 5.75. The summed E-state index contributed by atoms with van der Waals surface area (Å²) in [4.78, 5) is 22.5. The topological polar surface area (TPSA) is 99.6 Å². The Hall–Kier alpha value is -2.49. The third kappa shape index (κ3) is 4.02. The van der Waals surface area contributed by atoms with E-state index in [9.17, 15) is 9.59 Å². The van der Waals surface area contributed by atoms with Gasteiger partial charge in [-0.1, -0.05) is 0 Å². The molecule has 1 aliphatic heterocycles. The monoisotopic (exact) mass is 273 g/mol. The molecule has 0 unspecified atom stereocenters. The first-order valence-corrected chi connectivity index (χ1v) is 6.32. The predicted octanol–water partition coefficient (Wildman–Crippen LogP) is 0.742. The summed E-state index contributed by atoms with van der Waals surface area (Å²) >= 11 is 0. The number of aromatic nitrogens is 2. The number of H-pyrrole nitrogens is 1. The Morgan fingerprint density at radius 1 is 1.40 bits per heavy atom. The van der Waals surface area contributed by atoms with Crippen LogP contribution >= 0.6 is 0 Å². The van der Waals surface area contributed by atoms with Crippen LogP contribution in [0.5, 0.6) is 0 Å². The van der Waals surface area contributed by atoms with Gasteiger partial charge in [0.05, 0.1) is 12.2 Å². The van der Waals surface area contributed by atoms with Crippen molar-refractivity contribution in [1.82, 2.24) is 15.5 Å². The third-order valence-electron chi connectivity index (χ3n) is 3.01. The molecule has 2 heterocycles. The molecule has 0 aliphatic carbocycles. The number of nitrogens with zero attached hydrogens (tertiary/aromatic N) is 3. The molecule has 0 spiro atoms. The first-order chi connectivity index (χ1) is 9.63. The van der Waals surface area contributed by atoms with Crippen LogP contribution in [0.3, 0.4) is 0 Å². The molecule has 20 heavy (non-hydrogen) atoms. The molecule has 0 saturated heterocycles. The van der Waals surface area contributed by atoms with Crippen molar-refractivity contribution >= 4 is 5.91 Å². The summed E-state index contributed by atoms with van der Waals surface area (Å²) in [6, 6.07) is 2.93. The summed E-state index contributed by atoms with van der Waals surface area (Å²) in [6.45, 7) is 0.279. The second-order valence-electron chi connectivity index (χ2n) is 4.58. The molecule has 7 heteroatoms. The van der Waals surface area contributed by atoms with Gasteiger partial charge in [0.1, 0.15) is 0 Å². The fourth-order valence-electron chi connectivity index (χ4n) is 1.73. The molecule has 0 bridgehead atoms. The number of rotatable bonds is 7. The molecule has 0 fully saturated rings. The fraction of sp³-hybridized carbons (Fsp3) is 0.462. The van der Waals surface area contributed by atoms with Crippen LogP contribution in [0.1, 0.15) is 31.4 Å². The maximum Gasteiger partial charge on any atom is 0.264 e. The maximum absolute atomic E-state index is 11.7. The van der Waals surface area contributed by atoms with Gasteiger partial charge in [-0.2, -0.15) is 15.3 Å². The van der Waals surface area contributed by atoms with Crippen LogP contribution < -0.4 is 10.9 Å². The lowest BCUT2D eigenvalue weighted by atomic mass is 10.0. The van der Waals surface area contributed by atoms with Gasteiger partial charge < -0.3 is 5.32 Å². The first kappa shape index (κ1) is 13.9. The van der Waals surface area contributed by atoms with Gasteiger partial charge in [-0.05, 0) is 6.07 Å². The molecule has 1 aromatic rings. The molecule has 2 rings (SSSR count). The Kier molecular flexibility index (Phi) is 4.25. The van der Waals surface area contributed by atoms with Gasteiger partial charge in [0.25, 0.3) is 5.56 Å². The van der Waals surface area contributed by atoms with Crippen LogP contribution in [0.2, 0.25) is 0 Å². The number of carbonyl (C=O) groups is 1. The van der Waals surface area contributed by atoms with Crippen molar-refractivity contribution in [2.75, 3.05) is 0 Å². The van der Waals surface area contributed by atoms with E-state index in [1.165, 1.54) is 6.07 Å². The number of nitrogens with one attached hydrogen (secondary N) is 2. The lowest BCUT2D eigenvalue weighted by Crippen LogP contribution is -2.25. The minimum atomic E-state index is -0.431. The quantitative estimate of drug-likeness (QED) is 0.717. The van der Waals surface area contributed by atoms with Gasteiger partial charge in [-0.25, -0.2) is 5.10 Å². The van der Waals surface area contributed by atoms with Gasteiger partial charge in [0.2, 0.25) is 5.91 Å². The van der Waals surface area contributed by atoms with Crippen LogP contribution in [-0.4, -0.2) is 21.8 Å². The minimum Gasteiger partial charge on any atom is -0.350 e. The third-order valence-corrected chi connectivity index (χ3v) is 3.01. The number of carbonyl (C=O) groups excluding carboxylic acids is 1. The standard InChI is InChI=1S/C13H15N5O2/c1-2-3-7-13(17-18-13)8-6-11(19)14-9-10-4-5-12(20)16-15-10/h1,4-5H,3,6-9H2,(H,14,19)(H,16,20). The number of hydrogen-bond donors (Lipinski definition) is 2. The zero-order valence-corrected chi connectivity index (χ0v) is 10.9. The first-order valence-electron chi connectivity index (χ1n) is 6.32. The van der Waals surface area contributed by atoms with Crippen molar-refractivity contribution in [3.05, 3.63) is 28.2 Å². The normalized spacial score (nSPS) is 14.6. The van der Waals surface area contributed by atoms with E-state index in [0.29, 0.717) is 31.4 Å². The largest absolute Gasteiger partial charge is 0.350 e. The van der Waals surface area contributed by atoms with E-state index < -0.39 is 5.66 Å². The summed E-state index contributed by atoms with van der Waals surface area (Å²) in [6.07, 6.45) is 7.40. The van der Waals surface area contributed by atoms with Gasteiger partial charge >= 0.3 is 0 Å². The van der Waals surface area contributed by atoms with E-state index in [0.717, 1.165) is 0 Å². The summed E-state index contributed by atoms with van der Waals surface area (Å²) in [5.74, 6) is 2.44. The van der Waals surface area contributed by atoms with Crippen molar-refractivity contribution in [3.8, 4) is 12.3 Å². The van der Waals surface area contributed by atoms with E-state index in [-0.39, 0.29) is 18.0 Å². The van der Waals surface area contributed by atoms with Crippen LogP contribution in [0.4, 0.5) is 0 Å². The summed E-state index contributed by atoms with van der Waals surface area (Å²) in [5.41, 5.74) is -0.104. The Morgan fingerprint density at radius 2 is 2.20 bits per heavy atom. The average molecular weight is 273 g/mol. The summed E-state index contributed by atoms with van der Waals surface area (Å²) in [7, 11) is 0. The highest BCUT2D eigenvalue weighted by Crippen LogP contribution is 2.37. The molecule has 0 radical (unpaired) electrons. The number of terminal acetylenes is 1. The van der Waals surface area contributed by atoms with Crippen LogP contribution in [0, 0.1) is 12.3 Å². The molecule has 104 valence electrons. The van der Waals surface area contributed by atoms with Crippen molar-refractivity contribution < 1.29 is 4.79 Å². The lowest BCUT2D eigenvalue weighted by molar-refractivity contribution is -0.121.